The molecule has 3 rings (SSSR count). The number of aromatic nitrogens is 1. The highest BCUT2D eigenvalue weighted by atomic mass is 127. The fourth-order valence-corrected chi connectivity index (χ4v) is 4.41. The number of primary amides is 1. The number of nitrogens with one attached hydrogen (secondary N) is 3. The Kier molecular flexibility index (Phi) is 9.10. The lowest BCUT2D eigenvalue weighted by molar-refractivity contribution is 0.100. The standard InChI is InChI=1S/C22H21F3IN5O4S/c1-35-7-6-29-36(33,34)31-22-20(25)12(4-5-28-22)8-13-9-15(21(27)32)19(11-16(13)23)30-18-3-2-14(26)10-17(18)24/h2-5,9-11,29-30H,6-8H2,1H3,(H2,27,32)(H,28,31). The van der Waals surface area contributed by atoms with E-state index in [-0.39, 0.29) is 47.6 Å². The van der Waals surface area contributed by atoms with E-state index < -0.39 is 39.4 Å². The summed E-state index contributed by atoms with van der Waals surface area (Å²) in [6.07, 6.45) is 0.790. The van der Waals surface area contributed by atoms with Crippen molar-refractivity contribution in [3.63, 3.8) is 0 Å². The number of nitrogens with two attached hydrogens (primary N) is 1. The van der Waals surface area contributed by atoms with E-state index in [1.54, 1.807) is 6.07 Å². The number of hydrogen-bond donors (Lipinski definition) is 4. The van der Waals surface area contributed by atoms with Crippen molar-refractivity contribution in [3.8, 4) is 0 Å². The fraction of sp³-hybridized carbons (Fsp3) is 0.182. The fourth-order valence-electron chi connectivity index (χ4n) is 3.13. The summed E-state index contributed by atoms with van der Waals surface area (Å²) in [5, 5.41) is 2.65. The maximum absolute atomic E-state index is 15.0. The molecule has 0 bridgehead atoms. The van der Waals surface area contributed by atoms with Gasteiger partial charge < -0.3 is 15.8 Å². The van der Waals surface area contributed by atoms with E-state index in [0.29, 0.717) is 3.57 Å². The molecule has 0 atom stereocenters. The summed E-state index contributed by atoms with van der Waals surface area (Å²) in [7, 11) is -2.76. The van der Waals surface area contributed by atoms with Gasteiger partial charge in [-0.1, -0.05) is 0 Å². The molecule has 0 aliphatic carbocycles. The summed E-state index contributed by atoms with van der Waals surface area (Å²) >= 11 is 1.93. The lowest BCUT2D eigenvalue weighted by Crippen LogP contribution is -2.33. The largest absolute Gasteiger partial charge is 0.383 e. The van der Waals surface area contributed by atoms with Crippen LogP contribution in [0.2, 0.25) is 0 Å². The number of amides is 1. The molecule has 0 spiro atoms. The molecular formula is C22H21F3IN5O4S. The molecule has 0 unspecified atom stereocenters. The number of methoxy groups -OCH3 is 1. The second-order valence-corrected chi connectivity index (χ2v) is 10.2. The Hall–Kier alpha value is -2.95. The molecule has 3 aromatic rings. The van der Waals surface area contributed by atoms with Crippen LogP contribution in [0.4, 0.5) is 30.4 Å². The van der Waals surface area contributed by atoms with Crippen LogP contribution in [0.3, 0.4) is 0 Å². The molecule has 0 aliphatic rings. The molecule has 0 radical (unpaired) electrons. The predicted molar refractivity (Wildman–Crippen MR) is 137 cm³/mol. The molecule has 0 saturated carbocycles. The van der Waals surface area contributed by atoms with Gasteiger partial charge in [0, 0.05) is 29.8 Å². The number of pyridine rings is 1. The SMILES string of the molecule is COCCNS(=O)(=O)Nc1nccc(Cc2cc(C(N)=O)c(Nc3ccc(I)cc3F)cc2F)c1F. The summed E-state index contributed by atoms with van der Waals surface area (Å²) in [6.45, 7) is 0.0418. The maximum atomic E-state index is 15.0. The van der Waals surface area contributed by atoms with Crippen LogP contribution in [0.1, 0.15) is 21.5 Å². The molecule has 192 valence electrons. The van der Waals surface area contributed by atoms with Crippen molar-refractivity contribution < 1.29 is 31.1 Å². The number of hydrogen-bond acceptors (Lipinski definition) is 6. The Labute approximate surface area is 219 Å². The first kappa shape index (κ1) is 27.6. The summed E-state index contributed by atoms with van der Waals surface area (Å²) < 4.78 is 77.9. The molecule has 1 heterocycles. The van der Waals surface area contributed by atoms with Gasteiger partial charge >= 0.3 is 0 Å². The number of halogens is 4. The Balaban J connectivity index is 1.89. The molecular weight excluding hydrogens is 614 g/mol. The highest BCUT2D eigenvalue weighted by Crippen LogP contribution is 2.29. The average Bonchev–Trinajstić information content (AvgIpc) is 2.79. The number of nitrogens with zero attached hydrogens (tertiary/aromatic N) is 1. The third kappa shape index (κ3) is 7.05. The number of rotatable bonds is 11. The van der Waals surface area contributed by atoms with Crippen LogP contribution in [0, 0.1) is 21.0 Å². The highest BCUT2D eigenvalue weighted by Gasteiger charge is 2.20. The first-order chi connectivity index (χ1) is 17.0. The van der Waals surface area contributed by atoms with Crippen molar-refractivity contribution in [1.29, 1.82) is 0 Å². The number of anilines is 3. The zero-order chi connectivity index (χ0) is 26.5. The zero-order valence-electron chi connectivity index (χ0n) is 18.7. The van der Waals surface area contributed by atoms with E-state index in [1.807, 2.05) is 27.3 Å². The smallest absolute Gasteiger partial charge is 0.300 e. The van der Waals surface area contributed by atoms with Gasteiger partial charge in [-0.3, -0.25) is 9.52 Å². The summed E-state index contributed by atoms with van der Waals surface area (Å²) in [5.74, 6) is -3.99. The van der Waals surface area contributed by atoms with E-state index in [2.05, 4.69) is 15.0 Å². The quantitative estimate of drug-likeness (QED) is 0.189. The second kappa shape index (κ2) is 11.9. The third-order valence-corrected chi connectivity index (χ3v) is 6.55. The number of benzene rings is 2. The third-order valence-electron chi connectivity index (χ3n) is 4.83. The van der Waals surface area contributed by atoms with Crippen molar-refractivity contribution in [2.75, 3.05) is 30.3 Å². The Bertz CT molecular complexity index is 1390. The predicted octanol–water partition coefficient (Wildman–Crippen LogP) is 3.43. The number of carbonyl (C=O) groups is 1. The zero-order valence-corrected chi connectivity index (χ0v) is 21.7. The van der Waals surface area contributed by atoms with Gasteiger partial charge in [-0.15, -0.1) is 0 Å². The molecule has 36 heavy (non-hydrogen) atoms. The minimum Gasteiger partial charge on any atom is -0.383 e. The van der Waals surface area contributed by atoms with E-state index in [4.69, 9.17) is 10.5 Å². The molecule has 1 amide bonds. The van der Waals surface area contributed by atoms with E-state index in [9.17, 15) is 22.0 Å². The van der Waals surface area contributed by atoms with Crippen LogP contribution >= 0.6 is 22.6 Å². The minimum absolute atomic E-state index is 0.00118. The molecule has 0 fully saturated rings. The first-order valence-electron chi connectivity index (χ1n) is 10.2. The van der Waals surface area contributed by atoms with Crippen molar-refractivity contribution in [2.45, 2.75) is 6.42 Å². The van der Waals surface area contributed by atoms with E-state index >= 15 is 4.39 Å². The summed E-state index contributed by atoms with van der Waals surface area (Å²) in [5.41, 5.74) is 5.02. The topological polar surface area (TPSA) is 135 Å². The molecule has 14 heteroatoms. The normalized spacial score (nSPS) is 11.4. The summed E-state index contributed by atoms with van der Waals surface area (Å²) in [6, 6.07) is 7.61. The number of ether oxygens (including phenoxy) is 1. The second-order valence-electron chi connectivity index (χ2n) is 7.40. The van der Waals surface area contributed by atoms with Gasteiger partial charge in [-0.25, -0.2) is 18.2 Å². The van der Waals surface area contributed by atoms with Gasteiger partial charge in [-0.05, 0) is 70.1 Å². The van der Waals surface area contributed by atoms with Crippen LogP contribution in [0.5, 0.6) is 0 Å². The van der Waals surface area contributed by atoms with Crippen LogP contribution in [-0.4, -0.2) is 39.6 Å². The maximum Gasteiger partial charge on any atom is 0.300 e. The first-order valence-corrected chi connectivity index (χ1v) is 12.8. The molecule has 9 nitrogen and oxygen atoms in total. The molecule has 2 aromatic carbocycles. The summed E-state index contributed by atoms with van der Waals surface area (Å²) in [4.78, 5) is 15.7. The van der Waals surface area contributed by atoms with Crippen molar-refractivity contribution >= 4 is 55.9 Å². The van der Waals surface area contributed by atoms with Gasteiger partial charge in [0.15, 0.2) is 11.6 Å². The van der Waals surface area contributed by atoms with Crippen LogP contribution in [0.15, 0.2) is 42.6 Å². The van der Waals surface area contributed by atoms with Crippen molar-refractivity contribution in [3.05, 3.63) is 80.3 Å². The molecule has 1 aromatic heterocycles. The van der Waals surface area contributed by atoms with Gasteiger partial charge in [-0.2, -0.15) is 13.1 Å². The molecule has 0 saturated heterocycles. The monoisotopic (exact) mass is 635 g/mol. The van der Waals surface area contributed by atoms with Crippen LogP contribution in [0.25, 0.3) is 0 Å². The highest BCUT2D eigenvalue weighted by molar-refractivity contribution is 14.1. The Morgan fingerprint density at radius 2 is 1.83 bits per heavy atom. The van der Waals surface area contributed by atoms with Crippen LogP contribution in [-0.2, 0) is 21.4 Å². The van der Waals surface area contributed by atoms with E-state index in [1.165, 1.54) is 25.3 Å². The average molecular weight is 635 g/mol. The van der Waals surface area contributed by atoms with Crippen molar-refractivity contribution in [1.82, 2.24) is 9.71 Å². The number of carbonyl (C=O) groups excluding carboxylic acids is 1. The Morgan fingerprint density at radius 3 is 2.50 bits per heavy atom. The van der Waals surface area contributed by atoms with E-state index in [0.717, 1.165) is 18.3 Å². The van der Waals surface area contributed by atoms with Crippen LogP contribution < -0.4 is 20.5 Å². The minimum atomic E-state index is -4.14. The van der Waals surface area contributed by atoms with Gasteiger partial charge in [0.25, 0.3) is 16.1 Å². The lowest BCUT2D eigenvalue weighted by Gasteiger charge is -2.15. The molecule has 0 aliphatic heterocycles. The van der Waals surface area contributed by atoms with Crippen molar-refractivity contribution in [2.24, 2.45) is 5.73 Å². The Morgan fingerprint density at radius 1 is 1.08 bits per heavy atom. The molecule has 5 N–H and O–H groups in total. The van der Waals surface area contributed by atoms with Gasteiger partial charge in [0.05, 0.1) is 23.5 Å². The van der Waals surface area contributed by atoms with Gasteiger partial charge in [0.2, 0.25) is 0 Å². The lowest BCUT2D eigenvalue weighted by atomic mass is 10.0. The van der Waals surface area contributed by atoms with Gasteiger partial charge in [0.1, 0.15) is 11.6 Å².